The van der Waals surface area contributed by atoms with Crippen LogP contribution in [-0.4, -0.2) is 32.4 Å². The summed E-state index contributed by atoms with van der Waals surface area (Å²) in [4.78, 5) is 16.2. The number of hydrogen-bond acceptors (Lipinski definition) is 3. The summed E-state index contributed by atoms with van der Waals surface area (Å²) in [7, 11) is 0. The van der Waals surface area contributed by atoms with Crippen LogP contribution >= 0.6 is 0 Å². The Balaban J connectivity index is 1.44. The van der Waals surface area contributed by atoms with E-state index in [1.165, 1.54) is 27.6 Å². The Kier molecular flexibility index (Phi) is 5.40. The molecule has 2 aromatic carbocycles. The molecule has 30 heavy (non-hydrogen) atoms. The number of nitrogens with one attached hydrogen (secondary N) is 2. The Bertz CT molecular complexity index is 1200. The fourth-order valence-electron chi connectivity index (χ4n) is 4.02. The van der Waals surface area contributed by atoms with E-state index in [0.29, 0.717) is 18.8 Å². The van der Waals surface area contributed by atoms with Gasteiger partial charge in [0.05, 0.1) is 12.2 Å². The largest absolute Gasteiger partial charge is 0.358 e. The number of aromatic amines is 1. The number of fused-ring (bicyclic) bond motifs is 1. The first-order chi connectivity index (χ1) is 14.4. The number of hydrogen-bond donors (Lipinski definition) is 2. The predicted octanol–water partition coefficient (Wildman–Crippen LogP) is 4.01. The zero-order valence-electron chi connectivity index (χ0n) is 17.9. The normalized spacial score (nSPS) is 11.2. The van der Waals surface area contributed by atoms with Crippen molar-refractivity contribution in [1.82, 2.24) is 25.3 Å². The molecule has 0 aliphatic heterocycles. The van der Waals surface area contributed by atoms with Crippen LogP contribution < -0.4 is 5.32 Å². The van der Waals surface area contributed by atoms with Gasteiger partial charge in [-0.25, -0.2) is 4.68 Å². The highest BCUT2D eigenvalue weighted by atomic mass is 16.2. The molecule has 6 heteroatoms. The summed E-state index contributed by atoms with van der Waals surface area (Å²) in [6.07, 6.45) is 0.762. The third kappa shape index (κ3) is 3.85. The van der Waals surface area contributed by atoms with Gasteiger partial charge < -0.3 is 10.3 Å². The van der Waals surface area contributed by atoms with Crippen molar-refractivity contribution >= 4 is 16.8 Å². The second-order valence-corrected chi connectivity index (χ2v) is 7.91. The summed E-state index contributed by atoms with van der Waals surface area (Å²) >= 11 is 0. The zero-order valence-corrected chi connectivity index (χ0v) is 17.9. The predicted molar refractivity (Wildman–Crippen MR) is 119 cm³/mol. The van der Waals surface area contributed by atoms with Crippen LogP contribution in [-0.2, 0) is 13.0 Å². The maximum atomic E-state index is 12.7. The number of carbonyl (C=O) groups is 1. The van der Waals surface area contributed by atoms with Crippen LogP contribution in [0.25, 0.3) is 10.9 Å². The molecule has 2 heterocycles. The minimum Gasteiger partial charge on any atom is -0.358 e. The van der Waals surface area contributed by atoms with Crippen LogP contribution in [0, 0.1) is 27.7 Å². The van der Waals surface area contributed by atoms with Crippen molar-refractivity contribution in [3.05, 3.63) is 81.8 Å². The smallest absolute Gasteiger partial charge is 0.273 e. The minimum atomic E-state index is -0.184. The van der Waals surface area contributed by atoms with E-state index in [1.54, 1.807) is 4.68 Å². The maximum Gasteiger partial charge on any atom is 0.273 e. The molecule has 6 nitrogen and oxygen atoms in total. The van der Waals surface area contributed by atoms with Gasteiger partial charge in [0.2, 0.25) is 0 Å². The molecule has 0 unspecified atom stereocenters. The lowest BCUT2D eigenvalue weighted by atomic mass is 10.0. The number of rotatable bonds is 6. The van der Waals surface area contributed by atoms with Gasteiger partial charge in [0.1, 0.15) is 0 Å². The van der Waals surface area contributed by atoms with E-state index in [9.17, 15) is 4.79 Å². The van der Waals surface area contributed by atoms with Crippen LogP contribution in [0.3, 0.4) is 0 Å². The molecule has 2 aromatic heterocycles. The van der Waals surface area contributed by atoms with E-state index >= 15 is 0 Å². The molecular weight excluding hydrogens is 374 g/mol. The standard InChI is InChI=1S/C24H27N5O/c1-15-12-16(2)22-21(13-15)20(17(3)26-22)10-11-25-24(30)23-18(4)29(28-27-23)14-19-8-6-5-7-9-19/h5-9,12-13,26H,10-11,14H2,1-4H3,(H,25,30). The summed E-state index contributed by atoms with van der Waals surface area (Å²) in [5.41, 5.74) is 8.35. The van der Waals surface area contributed by atoms with Crippen molar-refractivity contribution in [2.45, 2.75) is 40.7 Å². The van der Waals surface area contributed by atoms with Crippen molar-refractivity contribution < 1.29 is 4.79 Å². The summed E-state index contributed by atoms with van der Waals surface area (Å²) in [6.45, 7) is 9.35. The quantitative estimate of drug-likeness (QED) is 0.512. The molecule has 4 aromatic rings. The first-order valence-electron chi connectivity index (χ1n) is 10.2. The SMILES string of the molecule is Cc1cc(C)c2[nH]c(C)c(CCNC(=O)c3nnn(Cc4ccccc4)c3C)c2c1. The highest BCUT2D eigenvalue weighted by molar-refractivity contribution is 5.93. The number of H-pyrrole nitrogens is 1. The highest BCUT2D eigenvalue weighted by Gasteiger charge is 2.17. The molecule has 0 bridgehead atoms. The summed E-state index contributed by atoms with van der Waals surface area (Å²) < 4.78 is 1.76. The molecule has 0 aliphatic rings. The third-order valence-corrected chi connectivity index (χ3v) is 5.60. The molecule has 0 radical (unpaired) electrons. The molecule has 1 amide bonds. The van der Waals surface area contributed by atoms with Gasteiger partial charge in [-0.2, -0.15) is 0 Å². The summed E-state index contributed by atoms with van der Waals surface area (Å²) in [6, 6.07) is 14.4. The molecule has 4 rings (SSSR count). The van der Waals surface area contributed by atoms with E-state index in [4.69, 9.17) is 0 Å². The first-order valence-corrected chi connectivity index (χ1v) is 10.2. The lowest BCUT2D eigenvalue weighted by Gasteiger charge is -2.06. The van der Waals surface area contributed by atoms with Gasteiger partial charge in [-0.15, -0.1) is 5.10 Å². The van der Waals surface area contributed by atoms with Crippen LogP contribution in [0.1, 0.15) is 44.1 Å². The summed E-state index contributed by atoms with van der Waals surface area (Å²) in [5, 5.41) is 12.5. The molecule has 154 valence electrons. The van der Waals surface area contributed by atoms with E-state index in [0.717, 1.165) is 23.4 Å². The van der Waals surface area contributed by atoms with Crippen molar-refractivity contribution in [3.63, 3.8) is 0 Å². The Morgan fingerprint density at radius 1 is 1.10 bits per heavy atom. The average Bonchev–Trinajstić information content (AvgIpc) is 3.23. The Morgan fingerprint density at radius 3 is 2.63 bits per heavy atom. The van der Waals surface area contributed by atoms with E-state index in [2.05, 4.69) is 53.5 Å². The molecule has 0 atom stereocenters. The lowest BCUT2D eigenvalue weighted by molar-refractivity contribution is 0.0948. The highest BCUT2D eigenvalue weighted by Crippen LogP contribution is 2.26. The molecule has 0 spiro atoms. The van der Waals surface area contributed by atoms with Gasteiger partial charge >= 0.3 is 0 Å². The van der Waals surface area contributed by atoms with Crippen LogP contribution in [0.2, 0.25) is 0 Å². The minimum absolute atomic E-state index is 0.184. The second-order valence-electron chi connectivity index (χ2n) is 7.91. The molecule has 0 aliphatic carbocycles. The van der Waals surface area contributed by atoms with Gasteiger partial charge in [-0.3, -0.25) is 4.79 Å². The Morgan fingerprint density at radius 2 is 1.87 bits per heavy atom. The average molecular weight is 402 g/mol. The topological polar surface area (TPSA) is 75.6 Å². The monoisotopic (exact) mass is 401 g/mol. The molecular formula is C24H27N5O. The van der Waals surface area contributed by atoms with Crippen molar-refractivity contribution in [2.24, 2.45) is 0 Å². The number of benzene rings is 2. The van der Waals surface area contributed by atoms with Gasteiger partial charge in [-0.1, -0.05) is 47.2 Å². The molecule has 0 saturated carbocycles. The van der Waals surface area contributed by atoms with Crippen LogP contribution in [0.4, 0.5) is 0 Å². The number of carbonyl (C=O) groups excluding carboxylic acids is 1. The number of aromatic nitrogens is 4. The fraction of sp³-hybridized carbons (Fsp3) is 0.292. The maximum absolute atomic E-state index is 12.7. The first kappa shape index (κ1) is 19.9. The number of amides is 1. The molecule has 0 fully saturated rings. The van der Waals surface area contributed by atoms with Crippen molar-refractivity contribution in [1.29, 1.82) is 0 Å². The van der Waals surface area contributed by atoms with Crippen LogP contribution in [0.15, 0.2) is 42.5 Å². The fourth-order valence-corrected chi connectivity index (χ4v) is 4.02. The van der Waals surface area contributed by atoms with Crippen LogP contribution in [0.5, 0.6) is 0 Å². The second kappa shape index (κ2) is 8.14. The summed E-state index contributed by atoms with van der Waals surface area (Å²) in [5.74, 6) is -0.184. The lowest BCUT2D eigenvalue weighted by Crippen LogP contribution is -2.27. The zero-order chi connectivity index (χ0) is 21.3. The van der Waals surface area contributed by atoms with Gasteiger partial charge in [0, 0.05) is 23.1 Å². The number of nitrogens with zero attached hydrogens (tertiary/aromatic N) is 3. The molecule has 0 saturated heterocycles. The number of aryl methyl sites for hydroxylation is 3. The van der Waals surface area contributed by atoms with E-state index in [1.807, 2.05) is 37.3 Å². The van der Waals surface area contributed by atoms with Crippen molar-refractivity contribution in [3.8, 4) is 0 Å². The molecule has 2 N–H and O–H groups in total. The van der Waals surface area contributed by atoms with Gasteiger partial charge in [0.15, 0.2) is 5.69 Å². The van der Waals surface area contributed by atoms with Crippen molar-refractivity contribution in [2.75, 3.05) is 6.54 Å². The third-order valence-electron chi connectivity index (χ3n) is 5.60. The van der Waals surface area contributed by atoms with Gasteiger partial charge in [0.25, 0.3) is 5.91 Å². The van der Waals surface area contributed by atoms with E-state index < -0.39 is 0 Å². The van der Waals surface area contributed by atoms with E-state index in [-0.39, 0.29) is 5.91 Å². The van der Waals surface area contributed by atoms with Gasteiger partial charge in [-0.05, 0) is 56.9 Å². The Hall–Kier alpha value is -3.41. The Labute approximate surface area is 176 Å².